The van der Waals surface area contributed by atoms with Gasteiger partial charge in [0.05, 0.1) is 18.2 Å². The van der Waals surface area contributed by atoms with E-state index in [-0.39, 0.29) is 18.0 Å². The fourth-order valence-electron chi connectivity index (χ4n) is 2.26. The standard InChI is InChI=1S/C18H24F3N5O/c1-11(12-7-6-8-13(9-12)18(19,20)21)24-16(22-5)23-10-14-25-15(27-26-14)17(2,3)4/h6-9,11H,10H2,1-5H3,(H2,22,23,24). The van der Waals surface area contributed by atoms with Gasteiger partial charge in [0.1, 0.15) is 0 Å². The van der Waals surface area contributed by atoms with Crippen molar-refractivity contribution in [3.8, 4) is 0 Å². The molecule has 0 spiro atoms. The molecule has 27 heavy (non-hydrogen) atoms. The number of hydrogen-bond donors (Lipinski definition) is 2. The molecule has 1 heterocycles. The molecular formula is C18H24F3N5O. The molecule has 0 aliphatic rings. The van der Waals surface area contributed by atoms with Gasteiger partial charge in [0.15, 0.2) is 11.8 Å². The van der Waals surface area contributed by atoms with Crippen LogP contribution < -0.4 is 10.6 Å². The summed E-state index contributed by atoms with van der Waals surface area (Å²) in [7, 11) is 1.57. The first-order chi connectivity index (χ1) is 12.5. The number of guanidine groups is 1. The molecule has 2 N–H and O–H groups in total. The number of hydrogen-bond acceptors (Lipinski definition) is 4. The number of alkyl halides is 3. The first-order valence-corrected chi connectivity index (χ1v) is 8.48. The van der Waals surface area contributed by atoms with Crippen molar-refractivity contribution in [3.05, 3.63) is 47.1 Å². The average Bonchev–Trinajstić information content (AvgIpc) is 3.07. The summed E-state index contributed by atoms with van der Waals surface area (Å²) in [4.78, 5) is 8.40. The SMILES string of the molecule is CN=C(NCc1noc(C(C)(C)C)n1)NC(C)c1cccc(C(F)(F)F)c1. The maximum absolute atomic E-state index is 12.9. The maximum Gasteiger partial charge on any atom is 0.416 e. The normalized spacial score (nSPS) is 14.1. The summed E-state index contributed by atoms with van der Waals surface area (Å²) in [5.41, 5.74) is -0.427. The monoisotopic (exact) mass is 383 g/mol. The molecule has 1 atom stereocenters. The van der Waals surface area contributed by atoms with E-state index in [4.69, 9.17) is 4.52 Å². The Morgan fingerprint density at radius 1 is 1.26 bits per heavy atom. The zero-order valence-electron chi connectivity index (χ0n) is 16.0. The lowest BCUT2D eigenvalue weighted by Crippen LogP contribution is -2.38. The first-order valence-electron chi connectivity index (χ1n) is 8.48. The number of rotatable bonds is 4. The molecule has 0 aliphatic carbocycles. The molecule has 2 aromatic rings. The van der Waals surface area contributed by atoms with Gasteiger partial charge < -0.3 is 15.2 Å². The van der Waals surface area contributed by atoms with Crippen LogP contribution in [0.1, 0.15) is 56.6 Å². The van der Waals surface area contributed by atoms with Crippen molar-refractivity contribution >= 4 is 5.96 Å². The average molecular weight is 383 g/mol. The van der Waals surface area contributed by atoms with Gasteiger partial charge in [0.25, 0.3) is 0 Å². The van der Waals surface area contributed by atoms with Gasteiger partial charge in [-0.25, -0.2) is 0 Å². The van der Waals surface area contributed by atoms with Crippen LogP contribution in [0, 0.1) is 0 Å². The molecule has 0 saturated carbocycles. The molecule has 1 unspecified atom stereocenters. The Labute approximate surface area is 156 Å². The van der Waals surface area contributed by atoms with Crippen LogP contribution in [0.25, 0.3) is 0 Å². The van der Waals surface area contributed by atoms with Crippen LogP contribution in [-0.2, 0) is 18.1 Å². The van der Waals surface area contributed by atoms with Gasteiger partial charge in [-0.3, -0.25) is 4.99 Å². The summed E-state index contributed by atoms with van der Waals surface area (Å²) in [5, 5.41) is 9.99. The number of halogens is 3. The van der Waals surface area contributed by atoms with Crippen molar-refractivity contribution in [3.63, 3.8) is 0 Å². The molecular weight excluding hydrogens is 359 g/mol. The third-order valence-corrected chi connectivity index (χ3v) is 3.81. The third-order valence-electron chi connectivity index (χ3n) is 3.81. The lowest BCUT2D eigenvalue weighted by molar-refractivity contribution is -0.137. The highest BCUT2D eigenvalue weighted by Crippen LogP contribution is 2.30. The van der Waals surface area contributed by atoms with E-state index < -0.39 is 11.7 Å². The van der Waals surface area contributed by atoms with Gasteiger partial charge in [0.2, 0.25) is 5.89 Å². The van der Waals surface area contributed by atoms with E-state index in [1.807, 2.05) is 20.8 Å². The van der Waals surface area contributed by atoms with E-state index in [1.54, 1.807) is 20.0 Å². The minimum atomic E-state index is -4.38. The van der Waals surface area contributed by atoms with E-state index in [0.29, 0.717) is 23.2 Å². The lowest BCUT2D eigenvalue weighted by atomic mass is 9.97. The maximum atomic E-state index is 12.9. The van der Waals surface area contributed by atoms with Crippen LogP contribution in [0.4, 0.5) is 13.2 Å². The second kappa shape index (κ2) is 7.98. The minimum Gasteiger partial charge on any atom is -0.350 e. The molecule has 0 saturated heterocycles. The second-order valence-corrected chi connectivity index (χ2v) is 7.18. The zero-order valence-corrected chi connectivity index (χ0v) is 16.0. The Morgan fingerprint density at radius 3 is 2.52 bits per heavy atom. The van der Waals surface area contributed by atoms with E-state index in [2.05, 4.69) is 25.8 Å². The topological polar surface area (TPSA) is 75.3 Å². The van der Waals surface area contributed by atoms with Gasteiger partial charge in [-0.05, 0) is 24.6 Å². The van der Waals surface area contributed by atoms with E-state index in [0.717, 1.165) is 12.1 Å². The molecule has 0 radical (unpaired) electrons. The first kappa shape index (κ1) is 20.7. The van der Waals surface area contributed by atoms with Gasteiger partial charge in [-0.2, -0.15) is 18.2 Å². The van der Waals surface area contributed by atoms with Gasteiger partial charge in [0, 0.05) is 12.5 Å². The summed E-state index contributed by atoms with van der Waals surface area (Å²) in [6, 6.07) is 4.81. The smallest absolute Gasteiger partial charge is 0.350 e. The van der Waals surface area contributed by atoms with Crippen LogP contribution in [0.2, 0.25) is 0 Å². The molecule has 6 nitrogen and oxygen atoms in total. The van der Waals surface area contributed by atoms with Gasteiger partial charge >= 0.3 is 6.18 Å². The second-order valence-electron chi connectivity index (χ2n) is 7.18. The van der Waals surface area contributed by atoms with E-state index >= 15 is 0 Å². The molecule has 0 aliphatic heterocycles. The van der Waals surface area contributed by atoms with Crippen LogP contribution in [-0.4, -0.2) is 23.1 Å². The van der Waals surface area contributed by atoms with Crippen molar-refractivity contribution in [1.82, 2.24) is 20.8 Å². The summed E-state index contributed by atoms with van der Waals surface area (Å²) in [6.45, 7) is 7.93. The van der Waals surface area contributed by atoms with E-state index in [1.165, 1.54) is 6.07 Å². The highest BCUT2D eigenvalue weighted by molar-refractivity contribution is 5.80. The third kappa shape index (κ3) is 5.70. The van der Waals surface area contributed by atoms with Crippen LogP contribution in [0.3, 0.4) is 0 Å². The van der Waals surface area contributed by atoms with Gasteiger partial charge in [-0.1, -0.05) is 38.1 Å². The molecule has 148 valence electrons. The molecule has 0 bridgehead atoms. The Kier molecular flexibility index (Phi) is 6.12. The Balaban J connectivity index is 2.00. The zero-order chi connectivity index (χ0) is 20.2. The van der Waals surface area contributed by atoms with Crippen LogP contribution in [0.15, 0.2) is 33.8 Å². The van der Waals surface area contributed by atoms with Crippen molar-refractivity contribution < 1.29 is 17.7 Å². The van der Waals surface area contributed by atoms with Crippen LogP contribution >= 0.6 is 0 Å². The Bertz CT molecular complexity index is 793. The molecule has 0 fully saturated rings. The van der Waals surface area contributed by atoms with Crippen molar-refractivity contribution in [2.45, 2.75) is 51.9 Å². The predicted octanol–water partition coefficient (Wildman–Crippen LogP) is 3.81. The quantitative estimate of drug-likeness (QED) is 0.620. The van der Waals surface area contributed by atoms with Crippen molar-refractivity contribution in [2.75, 3.05) is 7.05 Å². The Hall–Kier alpha value is -2.58. The summed E-state index contributed by atoms with van der Waals surface area (Å²) in [6.07, 6.45) is -4.38. The lowest BCUT2D eigenvalue weighted by Gasteiger charge is -2.19. The number of nitrogens with zero attached hydrogens (tertiary/aromatic N) is 3. The summed E-state index contributed by atoms with van der Waals surface area (Å²) < 4.78 is 43.8. The molecule has 2 rings (SSSR count). The number of nitrogens with one attached hydrogen (secondary N) is 2. The number of aromatic nitrogens is 2. The minimum absolute atomic E-state index is 0.247. The van der Waals surface area contributed by atoms with E-state index in [9.17, 15) is 13.2 Å². The number of aliphatic imine (C=N–C) groups is 1. The largest absolute Gasteiger partial charge is 0.416 e. The number of benzene rings is 1. The van der Waals surface area contributed by atoms with Crippen molar-refractivity contribution in [2.24, 2.45) is 4.99 Å². The molecule has 9 heteroatoms. The fraction of sp³-hybridized carbons (Fsp3) is 0.500. The molecule has 0 amide bonds. The highest BCUT2D eigenvalue weighted by atomic mass is 19.4. The highest BCUT2D eigenvalue weighted by Gasteiger charge is 2.30. The summed E-state index contributed by atoms with van der Waals surface area (Å²) >= 11 is 0. The molecule has 1 aromatic heterocycles. The van der Waals surface area contributed by atoms with Crippen LogP contribution in [0.5, 0.6) is 0 Å². The van der Waals surface area contributed by atoms with Gasteiger partial charge in [-0.15, -0.1) is 0 Å². The van der Waals surface area contributed by atoms with Crippen molar-refractivity contribution in [1.29, 1.82) is 0 Å². The Morgan fingerprint density at radius 2 is 1.96 bits per heavy atom. The predicted molar refractivity (Wildman–Crippen MR) is 96.2 cm³/mol. The molecule has 1 aromatic carbocycles. The summed E-state index contributed by atoms with van der Waals surface area (Å²) in [5.74, 6) is 1.41. The fourth-order valence-corrected chi connectivity index (χ4v) is 2.26.